The van der Waals surface area contributed by atoms with Crippen LogP contribution in [0.1, 0.15) is 25.3 Å². The number of carbonyl (C=O) groups is 2. The zero-order valence-corrected chi connectivity index (χ0v) is 11.6. The molecule has 0 saturated carbocycles. The van der Waals surface area contributed by atoms with Crippen LogP contribution in [-0.2, 0) is 20.7 Å². The van der Waals surface area contributed by atoms with Crippen molar-refractivity contribution in [3.63, 3.8) is 0 Å². The van der Waals surface area contributed by atoms with Gasteiger partial charge >= 0.3 is 5.97 Å². The minimum absolute atomic E-state index is 0.0789. The van der Waals surface area contributed by atoms with Gasteiger partial charge in [0.2, 0.25) is 5.91 Å². The van der Waals surface area contributed by atoms with E-state index in [0.717, 1.165) is 12.0 Å². The van der Waals surface area contributed by atoms with E-state index < -0.39 is 0 Å². The smallest absolute Gasteiger partial charge is 0.307 e. The Morgan fingerprint density at radius 3 is 2.42 bits per heavy atom. The number of methoxy groups -OCH3 is 1. The highest BCUT2D eigenvalue weighted by Gasteiger charge is 2.13. The summed E-state index contributed by atoms with van der Waals surface area (Å²) in [5.41, 5.74) is 1.15. The summed E-state index contributed by atoms with van der Waals surface area (Å²) < 4.78 is 4.58. The third-order valence-electron chi connectivity index (χ3n) is 3.02. The Labute approximate surface area is 114 Å². The molecule has 0 aliphatic heterocycles. The van der Waals surface area contributed by atoms with E-state index in [2.05, 4.69) is 4.74 Å². The molecule has 0 atom stereocenters. The molecule has 104 valence electrons. The molecular weight excluding hydrogens is 242 g/mol. The number of rotatable bonds is 7. The maximum absolute atomic E-state index is 12.0. The van der Waals surface area contributed by atoms with Gasteiger partial charge in [0, 0.05) is 19.5 Å². The second kappa shape index (κ2) is 8.29. The standard InChI is InChI=1S/C15H21NO3/c1-3-16(12-11-15(18)19-2)14(17)10-9-13-7-5-4-6-8-13/h4-8H,3,9-12H2,1-2H3. The van der Waals surface area contributed by atoms with E-state index in [4.69, 9.17) is 0 Å². The van der Waals surface area contributed by atoms with Crippen molar-refractivity contribution in [1.82, 2.24) is 4.90 Å². The number of esters is 1. The van der Waals surface area contributed by atoms with E-state index in [0.29, 0.717) is 19.5 Å². The fraction of sp³-hybridized carbons (Fsp3) is 0.467. The molecule has 0 saturated heterocycles. The number of amides is 1. The van der Waals surface area contributed by atoms with E-state index in [1.54, 1.807) is 4.90 Å². The number of ether oxygens (including phenoxy) is 1. The number of carbonyl (C=O) groups excluding carboxylic acids is 2. The number of hydrogen-bond acceptors (Lipinski definition) is 3. The van der Waals surface area contributed by atoms with Crippen molar-refractivity contribution in [2.45, 2.75) is 26.2 Å². The molecule has 1 aromatic carbocycles. The largest absolute Gasteiger partial charge is 0.469 e. The van der Waals surface area contributed by atoms with Crippen molar-refractivity contribution < 1.29 is 14.3 Å². The highest BCUT2D eigenvalue weighted by atomic mass is 16.5. The molecule has 19 heavy (non-hydrogen) atoms. The molecule has 0 fully saturated rings. The molecule has 4 heteroatoms. The lowest BCUT2D eigenvalue weighted by Gasteiger charge is -2.20. The summed E-state index contributed by atoms with van der Waals surface area (Å²) in [4.78, 5) is 24.8. The van der Waals surface area contributed by atoms with Crippen LogP contribution in [0.4, 0.5) is 0 Å². The number of nitrogens with zero attached hydrogens (tertiary/aromatic N) is 1. The molecule has 1 rings (SSSR count). The minimum atomic E-state index is -0.283. The van der Waals surface area contributed by atoms with Gasteiger partial charge in [-0.15, -0.1) is 0 Å². The Hall–Kier alpha value is -1.84. The summed E-state index contributed by atoms with van der Waals surface area (Å²) >= 11 is 0. The molecule has 1 amide bonds. The van der Waals surface area contributed by atoms with Crippen molar-refractivity contribution in [1.29, 1.82) is 0 Å². The molecule has 0 radical (unpaired) electrons. The average Bonchev–Trinajstić information content (AvgIpc) is 2.46. The highest BCUT2D eigenvalue weighted by Crippen LogP contribution is 2.05. The van der Waals surface area contributed by atoms with Gasteiger partial charge in [-0.1, -0.05) is 30.3 Å². The van der Waals surface area contributed by atoms with Gasteiger partial charge in [0.25, 0.3) is 0 Å². The summed E-state index contributed by atoms with van der Waals surface area (Å²) in [5.74, 6) is -0.204. The molecule has 1 aromatic rings. The van der Waals surface area contributed by atoms with Crippen LogP contribution < -0.4 is 0 Å². The number of aryl methyl sites for hydroxylation is 1. The Morgan fingerprint density at radius 1 is 1.16 bits per heavy atom. The maximum Gasteiger partial charge on any atom is 0.307 e. The van der Waals surface area contributed by atoms with Crippen molar-refractivity contribution >= 4 is 11.9 Å². The second-order valence-corrected chi connectivity index (χ2v) is 4.29. The van der Waals surface area contributed by atoms with Crippen LogP contribution in [0.15, 0.2) is 30.3 Å². The van der Waals surface area contributed by atoms with Crippen LogP contribution in [0.5, 0.6) is 0 Å². The lowest BCUT2D eigenvalue weighted by molar-refractivity contribution is -0.141. The molecule has 0 aliphatic rings. The van der Waals surface area contributed by atoms with E-state index >= 15 is 0 Å². The normalized spacial score (nSPS) is 10.0. The second-order valence-electron chi connectivity index (χ2n) is 4.29. The Balaban J connectivity index is 2.39. The molecule has 0 heterocycles. The average molecular weight is 263 g/mol. The molecule has 4 nitrogen and oxygen atoms in total. The fourth-order valence-electron chi connectivity index (χ4n) is 1.84. The minimum Gasteiger partial charge on any atom is -0.469 e. The Morgan fingerprint density at radius 2 is 1.84 bits per heavy atom. The summed E-state index contributed by atoms with van der Waals surface area (Å²) in [6.07, 6.45) is 1.45. The van der Waals surface area contributed by atoms with Gasteiger partial charge in [0.15, 0.2) is 0 Å². The SMILES string of the molecule is CCN(CCC(=O)OC)C(=O)CCc1ccccc1. The van der Waals surface area contributed by atoms with E-state index in [1.807, 2.05) is 37.3 Å². The van der Waals surface area contributed by atoms with Crippen LogP contribution in [0.3, 0.4) is 0 Å². The topological polar surface area (TPSA) is 46.6 Å². The lowest BCUT2D eigenvalue weighted by Crippen LogP contribution is -2.33. The highest BCUT2D eigenvalue weighted by molar-refractivity contribution is 5.77. The van der Waals surface area contributed by atoms with Gasteiger partial charge in [-0.05, 0) is 18.9 Å². The first-order valence-electron chi connectivity index (χ1n) is 6.56. The molecule has 0 aromatic heterocycles. The van der Waals surface area contributed by atoms with Crippen molar-refractivity contribution in [2.24, 2.45) is 0 Å². The first-order chi connectivity index (χ1) is 9.17. The summed E-state index contributed by atoms with van der Waals surface area (Å²) in [5, 5.41) is 0. The van der Waals surface area contributed by atoms with Crippen LogP contribution in [0, 0.1) is 0 Å². The molecule has 0 unspecified atom stereocenters. The van der Waals surface area contributed by atoms with Gasteiger partial charge in [-0.25, -0.2) is 0 Å². The van der Waals surface area contributed by atoms with Crippen LogP contribution >= 0.6 is 0 Å². The molecule has 0 spiro atoms. The first kappa shape index (κ1) is 15.2. The van der Waals surface area contributed by atoms with Crippen LogP contribution in [0.2, 0.25) is 0 Å². The van der Waals surface area contributed by atoms with E-state index in [9.17, 15) is 9.59 Å². The molecular formula is C15H21NO3. The lowest BCUT2D eigenvalue weighted by atomic mass is 10.1. The Kier molecular flexibility index (Phi) is 6.64. The number of hydrogen-bond donors (Lipinski definition) is 0. The maximum atomic E-state index is 12.0. The zero-order valence-electron chi connectivity index (χ0n) is 11.6. The predicted octanol–water partition coefficient (Wildman–Crippen LogP) is 2.03. The van der Waals surface area contributed by atoms with Crippen molar-refractivity contribution in [3.05, 3.63) is 35.9 Å². The first-order valence-corrected chi connectivity index (χ1v) is 6.56. The number of benzene rings is 1. The third-order valence-corrected chi connectivity index (χ3v) is 3.02. The summed E-state index contributed by atoms with van der Waals surface area (Å²) in [7, 11) is 1.36. The van der Waals surface area contributed by atoms with Crippen molar-refractivity contribution in [3.8, 4) is 0 Å². The van der Waals surface area contributed by atoms with E-state index in [-0.39, 0.29) is 18.3 Å². The summed E-state index contributed by atoms with van der Waals surface area (Å²) in [6.45, 7) is 2.96. The fourth-order valence-corrected chi connectivity index (χ4v) is 1.84. The monoisotopic (exact) mass is 263 g/mol. The predicted molar refractivity (Wildman–Crippen MR) is 73.7 cm³/mol. The zero-order chi connectivity index (χ0) is 14.1. The van der Waals surface area contributed by atoms with Gasteiger partial charge in [0.1, 0.15) is 0 Å². The van der Waals surface area contributed by atoms with E-state index in [1.165, 1.54) is 7.11 Å². The third kappa shape index (κ3) is 5.55. The quantitative estimate of drug-likeness (QED) is 0.707. The Bertz CT molecular complexity index is 403. The van der Waals surface area contributed by atoms with Crippen LogP contribution in [-0.4, -0.2) is 37.0 Å². The van der Waals surface area contributed by atoms with Gasteiger partial charge in [-0.3, -0.25) is 9.59 Å². The van der Waals surface area contributed by atoms with Crippen molar-refractivity contribution in [2.75, 3.05) is 20.2 Å². The molecule has 0 N–H and O–H groups in total. The van der Waals surface area contributed by atoms with Crippen LogP contribution in [0.25, 0.3) is 0 Å². The molecule has 0 aliphatic carbocycles. The van der Waals surface area contributed by atoms with Gasteiger partial charge < -0.3 is 9.64 Å². The van der Waals surface area contributed by atoms with Gasteiger partial charge in [-0.2, -0.15) is 0 Å². The summed E-state index contributed by atoms with van der Waals surface area (Å²) in [6, 6.07) is 9.92. The molecule has 0 bridgehead atoms. The van der Waals surface area contributed by atoms with Gasteiger partial charge in [0.05, 0.1) is 13.5 Å².